The summed E-state index contributed by atoms with van der Waals surface area (Å²) in [6, 6.07) is 11.5. The molecule has 0 bridgehead atoms. The maximum absolute atomic E-state index is 13.0. The smallest absolute Gasteiger partial charge is 0.258 e. The van der Waals surface area contributed by atoms with Gasteiger partial charge in [-0.1, -0.05) is 38.1 Å². The molecule has 0 spiro atoms. The van der Waals surface area contributed by atoms with Crippen LogP contribution in [-0.4, -0.2) is 24.7 Å². The number of nitrogens with zero attached hydrogens (tertiary/aromatic N) is 1. The fraction of sp³-hybridized carbons (Fsp3) is 0.333. The Bertz CT molecular complexity index is 1110. The van der Waals surface area contributed by atoms with E-state index in [0.29, 0.717) is 46.8 Å². The molecule has 6 nitrogen and oxygen atoms in total. The Morgan fingerprint density at radius 2 is 1.63 bits per heavy atom. The van der Waals surface area contributed by atoms with E-state index in [1.54, 1.807) is 18.3 Å². The second-order valence-electron chi connectivity index (χ2n) is 7.47. The molecule has 158 valence electrons. The van der Waals surface area contributed by atoms with Crippen molar-refractivity contribution < 1.29 is 14.3 Å². The van der Waals surface area contributed by atoms with E-state index in [2.05, 4.69) is 31.3 Å². The van der Waals surface area contributed by atoms with Gasteiger partial charge in [0.1, 0.15) is 0 Å². The zero-order chi connectivity index (χ0) is 21.8. The second-order valence-corrected chi connectivity index (χ2v) is 7.47. The van der Waals surface area contributed by atoms with Gasteiger partial charge < -0.3 is 19.4 Å². The monoisotopic (exact) mass is 408 g/mol. The number of amides is 1. The van der Waals surface area contributed by atoms with Gasteiger partial charge in [-0.05, 0) is 36.1 Å². The SMILES string of the molecule is CCn1cc(C(=O)NCc2ccc(C(C)C)cc2)c2cc(OC)c(OC)cc2c1=O. The first kappa shape index (κ1) is 21.4. The van der Waals surface area contributed by atoms with Gasteiger partial charge in [0.05, 0.1) is 25.2 Å². The third kappa shape index (κ3) is 4.17. The molecule has 0 saturated heterocycles. The number of methoxy groups -OCH3 is 2. The summed E-state index contributed by atoms with van der Waals surface area (Å²) in [6.45, 7) is 7.02. The van der Waals surface area contributed by atoms with Crippen LogP contribution in [0.4, 0.5) is 0 Å². The maximum atomic E-state index is 13.0. The lowest BCUT2D eigenvalue weighted by Crippen LogP contribution is -2.27. The van der Waals surface area contributed by atoms with Gasteiger partial charge in [-0.15, -0.1) is 0 Å². The van der Waals surface area contributed by atoms with Gasteiger partial charge >= 0.3 is 0 Å². The number of nitrogens with one attached hydrogen (secondary N) is 1. The van der Waals surface area contributed by atoms with Crippen molar-refractivity contribution in [2.75, 3.05) is 14.2 Å². The molecule has 1 heterocycles. The topological polar surface area (TPSA) is 69.6 Å². The number of benzene rings is 2. The molecule has 30 heavy (non-hydrogen) atoms. The quantitative estimate of drug-likeness (QED) is 0.639. The lowest BCUT2D eigenvalue weighted by molar-refractivity contribution is 0.0952. The predicted molar refractivity (Wildman–Crippen MR) is 119 cm³/mol. The highest BCUT2D eigenvalue weighted by Crippen LogP contribution is 2.32. The summed E-state index contributed by atoms with van der Waals surface area (Å²) in [5.74, 6) is 1.13. The van der Waals surface area contributed by atoms with E-state index in [1.807, 2.05) is 19.1 Å². The summed E-state index contributed by atoms with van der Waals surface area (Å²) in [6.07, 6.45) is 1.60. The van der Waals surface area contributed by atoms with Gasteiger partial charge in [-0.2, -0.15) is 0 Å². The summed E-state index contributed by atoms with van der Waals surface area (Å²) >= 11 is 0. The minimum atomic E-state index is -0.248. The predicted octanol–water partition coefficient (Wildman–Crippen LogP) is 4.09. The lowest BCUT2D eigenvalue weighted by atomic mass is 10.0. The van der Waals surface area contributed by atoms with Gasteiger partial charge in [0.2, 0.25) is 0 Å². The van der Waals surface area contributed by atoms with Crippen molar-refractivity contribution in [1.82, 2.24) is 9.88 Å². The molecule has 0 radical (unpaired) electrons. The van der Waals surface area contributed by atoms with Crippen LogP contribution in [0, 0.1) is 0 Å². The zero-order valence-corrected chi connectivity index (χ0v) is 18.1. The molecule has 1 aromatic heterocycles. The number of rotatable bonds is 7. The number of pyridine rings is 1. The average Bonchev–Trinajstić information content (AvgIpc) is 2.77. The van der Waals surface area contributed by atoms with Crippen molar-refractivity contribution in [2.24, 2.45) is 0 Å². The summed E-state index contributed by atoms with van der Waals surface area (Å²) in [7, 11) is 3.04. The van der Waals surface area contributed by atoms with Crippen LogP contribution < -0.4 is 20.3 Å². The van der Waals surface area contributed by atoms with E-state index in [4.69, 9.17) is 9.47 Å². The minimum absolute atomic E-state index is 0.172. The molecule has 1 N–H and O–H groups in total. The number of fused-ring (bicyclic) bond motifs is 1. The first-order valence-electron chi connectivity index (χ1n) is 10.1. The molecule has 2 aromatic carbocycles. The molecule has 3 rings (SSSR count). The number of carbonyl (C=O) groups is 1. The van der Waals surface area contributed by atoms with Crippen molar-refractivity contribution in [3.8, 4) is 11.5 Å². The summed E-state index contributed by atoms with van der Waals surface area (Å²) in [4.78, 5) is 25.8. The van der Waals surface area contributed by atoms with Crippen LogP contribution in [-0.2, 0) is 13.1 Å². The molecule has 0 unspecified atom stereocenters. The number of hydrogen-bond acceptors (Lipinski definition) is 4. The van der Waals surface area contributed by atoms with Crippen molar-refractivity contribution in [3.05, 3.63) is 69.6 Å². The van der Waals surface area contributed by atoms with Gasteiger partial charge in [0.15, 0.2) is 11.5 Å². The van der Waals surface area contributed by atoms with Crippen molar-refractivity contribution in [2.45, 2.75) is 39.8 Å². The van der Waals surface area contributed by atoms with Crippen LogP contribution in [0.2, 0.25) is 0 Å². The Labute approximate surface area is 176 Å². The van der Waals surface area contributed by atoms with Gasteiger partial charge in [0, 0.05) is 24.7 Å². The van der Waals surface area contributed by atoms with Gasteiger partial charge in [-0.3, -0.25) is 9.59 Å². The Kier molecular flexibility index (Phi) is 6.45. The fourth-order valence-corrected chi connectivity index (χ4v) is 3.43. The molecule has 0 fully saturated rings. The number of aromatic nitrogens is 1. The molecule has 3 aromatic rings. The Balaban J connectivity index is 1.97. The molecule has 0 saturated carbocycles. The van der Waals surface area contributed by atoms with E-state index in [-0.39, 0.29) is 11.5 Å². The minimum Gasteiger partial charge on any atom is -0.493 e. The first-order chi connectivity index (χ1) is 14.4. The van der Waals surface area contributed by atoms with E-state index < -0.39 is 0 Å². The standard InChI is InChI=1S/C24H28N2O4/c1-6-26-14-20(18-11-21(29-4)22(30-5)12-19(18)24(26)28)23(27)25-13-16-7-9-17(10-8-16)15(2)3/h7-12,14-15H,6,13H2,1-5H3,(H,25,27). The normalized spacial score (nSPS) is 11.0. The number of aryl methyl sites for hydroxylation is 1. The Hall–Kier alpha value is -3.28. The Morgan fingerprint density at radius 1 is 1.03 bits per heavy atom. The van der Waals surface area contributed by atoms with Crippen LogP contribution in [0.3, 0.4) is 0 Å². The van der Waals surface area contributed by atoms with Crippen LogP contribution in [0.15, 0.2) is 47.4 Å². The highest BCUT2D eigenvalue weighted by molar-refractivity contribution is 6.07. The van der Waals surface area contributed by atoms with E-state index in [0.717, 1.165) is 5.56 Å². The molecule has 0 aliphatic rings. The summed E-state index contributed by atoms with van der Waals surface area (Å²) < 4.78 is 12.2. The fourth-order valence-electron chi connectivity index (χ4n) is 3.43. The second kappa shape index (κ2) is 9.03. The molecule has 0 atom stereocenters. The van der Waals surface area contributed by atoms with Crippen LogP contribution in [0.1, 0.15) is 48.2 Å². The molecule has 0 aliphatic carbocycles. The van der Waals surface area contributed by atoms with Crippen LogP contribution >= 0.6 is 0 Å². The zero-order valence-electron chi connectivity index (χ0n) is 18.1. The van der Waals surface area contributed by atoms with Crippen molar-refractivity contribution >= 4 is 16.7 Å². The molecule has 0 aliphatic heterocycles. The number of hydrogen-bond donors (Lipinski definition) is 1. The van der Waals surface area contributed by atoms with E-state index in [9.17, 15) is 9.59 Å². The highest BCUT2D eigenvalue weighted by atomic mass is 16.5. The summed E-state index contributed by atoms with van der Waals surface area (Å²) in [5, 5.41) is 3.92. The van der Waals surface area contributed by atoms with Gasteiger partial charge in [-0.25, -0.2) is 0 Å². The maximum Gasteiger partial charge on any atom is 0.258 e. The number of carbonyl (C=O) groups excluding carboxylic acids is 1. The average molecular weight is 408 g/mol. The first-order valence-corrected chi connectivity index (χ1v) is 10.1. The molecule has 1 amide bonds. The molecular weight excluding hydrogens is 380 g/mol. The summed E-state index contributed by atoms with van der Waals surface area (Å²) in [5.41, 5.74) is 2.52. The lowest BCUT2D eigenvalue weighted by Gasteiger charge is -2.14. The largest absolute Gasteiger partial charge is 0.493 e. The molecular formula is C24H28N2O4. The van der Waals surface area contributed by atoms with Crippen LogP contribution in [0.25, 0.3) is 10.8 Å². The molecule has 6 heteroatoms. The Morgan fingerprint density at radius 3 is 2.17 bits per heavy atom. The van der Waals surface area contributed by atoms with Crippen molar-refractivity contribution in [3.63, 3.8) is 0 Å². The van der Waals surface area contributed by atoms with Gasteiger partial charge in [0.25, 0.3) is 11.5 Å². The van der Waals surface area contributed by atoms with Crippen molar-refractivity contribution in [1.29, 1.82) is 0 Å². The number of ether oxygens (including phenoxy) is 2. The third-order valence-corrected chi connectivity index (χ3v) is 5.27. The highest BCUT2D eigenvalue weighted by Gasteiger charge is 2.18. The van der Waals surface area contributed by atoms with Crippen LogP contribution in [0.5, 0.6) is 11.5 Å². The van der Waals surface area contributed by atoms with E-state index in [1.165, 1.54) is 24.4 Å². The third-order valence-electron chi connectivity index (χ3n) is 5.27. The van der Waals surface area contributed by atoms with E-state index >= 15 is 0 Å².